The molecule has 1 amide bonds. The summed E-state index contributed by atoms with van der Waals surface area (Å²) in [6.07, 6.45) is 1.52. The highest BCUT2D eigenvalue weighted by atomic mass is 16.1. The van der Waals surface area contributed by atoms with Crippen molar-refractivity contribution in [2.24, 2.45) is 0 Å². The van der Waals surface area contributed by atoms with E-state index < -0.39 is 0 Å². The van der Waals surface area contributed by atoms with Crippen molar-refractivity contribution in [3.05, 3.63) is 53.7 Å². The van der Waals surface area contributed by atoms with Crippen molar-refractivity contribution in [1.82, 2.24) is 4.98 Å². The number of nitrogen functional groups attached to an aromatic ring is 1. The van der Waals surface area contributed by atoms with Gasteiger partial charge in [0.15, 0.2) is 0 Å². The number of anilines is 2. The van der Waals surface area contributed by atoms with Crippen LogP contribution in [0.25, 0.3) is 0 Å². The number of nitrogens with zero attached hydrogens (tertiary/aromatic N) is 2. The molecule has 0 bridgehead atoms. The third kappa shape index (κ3) is 2.44. The van der Waals surface area contributed by atoms with E-state index in [1.165, 1.54) is 6.20 Å². The molecule has 0 aliphatic rings. The number of hydrogen-bond donors (Lipinski definition) is 2. The molecule has 0 saturated heterocycles. The van der Waals surface area contributed by atoms with E-state index in [9.17, 15) is 4.79 Å². The van der Waals surface area contributed by atoms with Crippen LogP contribution in [0.15, 0.2) is 42.6 Å². The Balaban J connectivity index is 2.22. The number of hydrogen-bond acceptors (Lipinski definition) is 4. The highest BCUT2D eigenvalue weighted by molar-refractivity contribution is 6.07. The minimum Gasteiger partial charge on any atom is -0.383 e. The average Bonchev–Trinajstić information content (AvgIpc) is 2.39. The van der Waals surface area contributed by atoms with Gasteiger partial charge in [-0.25, -0.2) is 4.98 Å². The summed E-state index contributed by atoms with van der Waals surface area (Å²) in [5.74, 6) is -0.179. The second-order valence-corrected chi connectivity index (χ2v) is 3.58. The molecule has 0 spiro atoms. The first-order valence-corrected chi connectivity index (χ1v) is 5.22. The van der Waals surface area contributed by atoms with E-state index in [1.807, 2.05) is 6.07 Å². The first kappa shape index (κ1) is 11.6. The van der Waals surface area contributed by atoms with Crippen LogP contribution in [-0.2, 0) is 0 Å². The van der Waals surface area contributed by atoms with E-state index in [0.29, 0.717) is 16.8 Å². The first-order valence-electron chi connectivity index (χ1n) is 5.22. The zero-order valence-corrected chi connectivity index (χ0v) is 9.42. The monoisotopic (exact) mass is 238 g/mol. The molecular formula is C13H10N4O. The summed E-state index contributed by atoms with van der Waals surface area (Å²) in [6.45, 7) is 0. The minimum absolute atomic E-state index is 0.173. The van der Waals surface area contributed by atoms with Crippen LogP contribution in [-0.4, -0.2) is 10.9 Å². The highest BCUT2D eigenvalue weighted by Crippen LogP contribution is 2.13. The lowest BCUT2D eigenvalue weighted by atomic mass is 10.2. The number of nitrogens with two attached hydrogens (primary N) is 1. The molecule has 0 aliphatic heterocycles. The molecule has 5 heteroatoms. The van der Waals surface area contributed by atoms with Gasteiger partial charge >= 0.3 is 0 Å². The van der Waals surface area contributed by atoms with Crippen LogP contribution in [0.3, 0.4) is 0 Å². The number of carbonyl (C=O) groups excluding carboxylic acids is 1. The number of rotatable bonds is 2. The minimum atomic E-state index is -0.351. The molecule has 0 fully saturated rings. The van der Waals surface area contributed by atoms with Gasteiger partial charge in [-0.3, -0.25) is 4.79 Å². The number of carbonyl (C=O) groups is 1. The molecule has 3 N–H and O–H groups in total. The van der Waals surface area contributed by atoms with Crippen LogP contribution in [0.1, 0.15) is 15.9 Å². The smallest absolute Gasteiger partial charge is 0.259 e. The fraction of sp³-hybridized carbons (Fsp3) is 0. The topological polar surface area (TPSA) is 91.8 Å². The summed E-state index contributed by atoms with van der Waals surface area (Å²) in [6, 6.07) is 11.9. The Morgan fingerprint density at radius 1 is 1.33 bits per heavy atom. The molecule has 2 aromatic rings. The lowest BCUT2D eigenvalue weighted by molar-refractivity contribution is 0.102. The fourth-order valence-corrected chi connectivity index (χ4v) is 1.47. The first-order chi connectivity index (χ1) is 8.70. The van der Waals surface area contributed by atoms with Gasteiger partial charge in [0.1, 0.15) is 5.82 Å². The lowest BCUT2D eigenvalue weighted by Crippen LogP contribution is -2.14. The molecule has 88 valence electrons. The van der Waals surface area contributed by atoms with Gasteiger partial charge in [-0.1, -0.05) is 6.07 Å². The van der Waals surface area contributed by atoms with E-state index in [2.05, 4.69) is 10.3 Å². The third-order valence-corrected chi connectivity index (χ3v) is 2.33. The summed E-state index contributed by atoms with van der Waals surface area (Å²) in [5, 5.41) is 11.4. The number of benzene rings is 1. The number of nitrogens with one attached hydrogen (secondary N) is 1. The van der Waals surface area contributed by atoms with E-state index in [4.69, 9.17) is 11.0 Å². The Labute approximate surface area is 104 Å². The van der Waals surface area contributed by atoms with E-state index in [0.717, 1.165) is 0 Å². The predicted octanol–water partition coefficient (Wildman–Crippen LogP) is 1.79. The number of nitriles is 1. The van der Waals surface area contributed by atoms with Crippen LogP contribution >= 0.6 is 0 Å². The van der Waals surface area contributed by atoms with Gasteiger partial charge in [-0.2, -0.15) is 5.26 Å². The molecule has 1 aromatic carbocycles. The van der Waals surface area contributed by atoms with Crippen LogP contribution in [0.2, 0.25) is 0 Å². The zero-order valence-electron chi connectivity index (χ0n) is 9.42. The van der Waals surface area contributed by atoms with Crippen molar-refractivity contribution in [1.29, 1.82) is 5.26 Å². The Bertz CT molecular complexity index is 631. The Hall–Kier alpha value is -2.87. The molecule has 0 aliphatic carbocycles. The maximum absolute atomic E-state index is 11.9. The summed E-state index contributed by atoms with van der Waals surface area (Å²) in [4.78, 5) is 15.8. The molecule has 1 heterocycles. The maximum Gasteiger partial charge on any atom is 0.259 e. The van der Waals surface area contributed by atoms with Gasteiger partial charge in [0.05, 0.1) is 17.2 Å². The molecule has 1 aromatic heterocycles. The second-order valence-electron chi connectivity index (χ2n) is 3.58. The van der Waals surface area contributed by atoms with Crippen molar-refractivity contribution >= 4 is 17.4 Å². The number of pyridine rings is 1. The van der Waals surface area contributed by atoms with Crippen molar-refractivity contribution < 1.29 is 4.79 Å². The number of amides is 1. The molecule has 0 radical (unpaired) electrons. The third-order valence-electron chi connectivity index (χ3n) is 2.33. The van der Waals surface area contributed by atoms with Gasteiger partial charge in [0, 0.05) is 11.9 Å². The quantitative estimate of drug-likeness (QED) is 0.834. The average molecular weight is 238 g/mol. The summed E-state index contributed by atoms with van der Waals surface area (Å²) in [7, 11) is 0. The van der Waals surface area contributed by atoms with Crippen LogP contribution in [0, 0.1) is 11.3 Å². The molecular weight excluding hydrogens is 228 g/mol. The molecule has 18 heavy (non-hydrogen) atoms. The van der Waals surface area contributed by atoms with E-state index >= 15 is 0 Å². The largest absolute Gasteiger partial charge is 0.383 e. The molecule has 0 atom stereocenters. The van der Waals surface area contributed by atoms with Gasteiger partial charge in [-0.05, 0) is 30.3 Å². The fourth-order valence-electron chi connectivity index (χ4n) is 1.47. The van der Waals surface area contributed by atoms with Gasteiger partial charge in [-0.15, -0.1) is 0 Å². The highest BCUT2D eigenvalue weighted by Gasteiger charge is 2.10. The number of aromatic nitrogens is 1. The standard InChI is InChI=1S/C13H10N4O/c14-8-9-3-1-4-10(7-9)17-13(18)11-5-2-6-16-12(11)15/h1-7H,(H2,15,16)(H,17,18). The van der Waals surface area contributed by atoms with Crippen molar-refractivity contribution in [2.45, 2.75) is 0 Å². The second kappa shape index (κ2) is 4.97. The SMILES string of the molecule is N#Cc1cccc(NC(=O)c2cccnc2N)c1. The molecule has 0 unspecified atom stereocenters. The molecule has 2 rings (SSSR count). The van der Waals surface area contributed by atoms with Gasteiger partial charge < -0.3 is 11.1 Å². The maximum atomic E-state index is 11.9. The van der Waals surface area contributed by atoms with Crippen LogP contribution in [0.4, 0.5) is 11.5 Å². The van der Waals surface area contributed by atoms with E-state index in [-0.39, 0.29) is 11.7 Å². The summed E-state index contributed by atoms with van der Waals surface area (Å²) < 4.78 is 0. The van der Waals surface area contributed by atoms with Crippen molar-refractivity contribution in [2.75, 3.05) is 11.1 Å². The van der Waals surface area contributed by atoms with Gasteiger partial charge in [0.25, 0.3) is 5.91 Å². The lowest BCUT2D eigenvalue weighted by Gasteiger charge is -2.06. The van der Waals surface area contributed by atoms with Crippen LogP contribution in [0.5, 0.6) is 0 Å². The Kier molecular flexibility index (Phi) is 3.21. The van der Waals surface area contributed by atoms with Gasteiger partial charge in [0.2, 0.25) is 0 Å². The Morgan fingerprint density at radius 2 is 2.17 bits per heavy atom. The zero-order chi connectivity index (χ0) is 13.0. The van der Waals surface area contributed by atoms with Crippen LogP contribution < -0.4 is 11.1 Å². The molecule has 0 saturated carbocycles. The van der Waals surface area contributed by atoms with E-state index in [1.54, 1.807) is 36.4 Å². The Morgan fingerprint density at radius 3 is 2.89 bits per heavy atom. The van der Waals surface area contributed by atoms with Crippen molar-refractivity contribution in [3.8, 4) is 6.07 Å². The summed E-state index contributed by atoms with van der Waals surface area (Å²) in [5.41, 5.74) is 6.93. The predicted molar refractivity (Wildman–Crippen MR) is 67.8 cm³/mol. The molecule has 5 nitrogen and oxygen atoms in total. The summed E-state index contributed by atoms with van der Waals surface area (Å²) >= 11 is 0. The normalized spacial score (nSPS) is 9.50. The van der Waals surface area contributed by atoms with Crippen molar-refractivity contribution in [3.63, 3.8) is 0 Å².